The molecule has 1 aromatic rings. The number of hydrogen-bond donors (Lipinski definition) is 3. The molecule has 1 N–H and O–H groups in total. The number of rotatable bonds is 2. The summed E-state index contributed by atoms with van der Waals surface area (Å²) in [7, 11) is 0. The maximum Gasteiger partial charge on any atom is 0.141 e. The number of pyridine rings is 1. The van der Waals surface area contributed by atoms with E-state index in [0.29, 0.717) is 17.2 Å². The molecule has 0 aliphatic carbocycles. The molecule has 0 saturated heterocycles. The Kier molecular flexibility index (Phi) is 5.60. The fraction of sp³-hybridized carbons (Fsp3) is 0.375. The van der Waals surface area contributed by atoms with E-state index in [1.54, 1.807) is 13.1 Å². The monoisotopic (exact) mass is 237 g/mol. The van der Waals surface area contributed by atoms with Gasteiger partial charge < -0.3 is 5.11 Å². The molecule has 0 aliphatic rings. The van der Waals surface area contributed by atoms with Crippen molar-refractivity contribution < 1.29 is 5.11 Å². The maximum atomic E-state index is 9.56. The lowest BCUT2D eigenvalue weighted by Gasteiger charge is -2.08. The van der Waals surface area contributed by atoms with Gasteiger partial charge in [0.1, 0.15) is 5.75 Å². The van der Waals surface area contributed by atoms with Crippen molar-refractivity contribution in [3.05, 3.63) is 23.0 Å². The second-order valence-electron chi connectivity index (χ2n) is 2.51. The molecule has 0 radical (unpaired) electrons. The summed E-state index contributed by atoms with van der Waals surface area (Å²) in [5.41, 5.74) is 2.42. The van der Waals surface area contributed by atoms with Gasteiger partial charge >= 0.3 is 0 Å². The first-order valence-corrected chi connectivity index (χ1v) is 4.85. The Morgan fingerprint density at radius 3 is 2.46 bits per heavy atom. The van der Waals surface area contributed by atoms with Crippen LogP contribution in [0.5, 0.6) is 5.75 Å². The number of thiol groups is 2. The molecular formula is C8H12ClNOS2. The van der Waals surface area contributed by atoms with Gasteiger partial charge in [-0.3, -0.25) is 4.98 Å². The van der Waals surface area contributed by atoms with E-state index >= 15 is 0 Å². The van der Waals surface area contributed by atoms with Crippen molar-refractivity contribution in [3.8, 4) is 5.75 Å². The van der Waals surface area contributed by atoms with E-state index in [0.717, 1.165) is 11.1 Å². The summed E-state index contributed by atoms with van der Waals surface area (Å²) >= 11 is 8.26. The van der Waals surface area contributed by atoms with E-state index in [9.17, 15) is 5.11 Å². The van der Waals surface area contributed by atoms with E-state index < -0.39 is 0 Å². The summed E-state index contributed by atoms with van der Waals surface area (Å²) in [6.07, 6.45) is 1.73. The van der Waals surface area contributed by atoms with Crippen molar-refractivity contribution in [1.82, 2.24) is 4.98 Å². The molecule has 0 bridgehead atoms. The van der Waals surface area contributed by atoms with Crippen LogP contribution in [0, 0.1) is 6.92 Å². The van der Waals surface area contributed by atoms with Crippen molar-refractivity contribution in [3.63, 3.8) is 0 Å². The Labute approximate surface area is 95.0 Å². The van der Waals surface area contributed by atoms with E-state index in [1.807, 2.05) is 0 Å². The molecule has 0 fully saturated rings. The third kappa shape index (κ3) is 2.69. The van der Waals surface area contributed by atoms with Crippen LogP contribution in [0.2, 0.25) is 0 Å². The van der Waals surface area contributed by atoms with Gasteiger partial charge in [0.2, 0.25) is 0 Å². The quantitative estimate of drug-likeness (QED) is 0.691. The molecule has 74 valence electrons. The van der Waals surface area contributed by atoms with Crippen molar-refractivity contribution in [2.75, 3.05) is 0 Å². The van der Waals surface area contributed by atoms with Crippen LogP contribution in [0.1, 0.15) is 16.8 Å². The van der Waals surface area contributed by atoms with Gasteiger partial charge in [-0.15, -0.1) is 12.4 Å². The first kappa shape index (κ1) is 12.9. The Balaban J connectivity index is 0.00000144. The van der Waals surface area contributed by atoms with Crippen LogP contribution in [0.4, 0.5) is 0 Å². The molecule has 5 heteroatoms. The molecule has 0 saturated carbocycles. The van der Waals surface area contributed by atoms with Crippen LogP contribution in [-0.2, 0) is 11.5 Å². The normalized spacial score (nSPS) is 9.46. The van der Waals surface area contributed by atoms with E-state index in [2.05, 4.69) is 30.2 Å². The highest BCUT2D eigenvalue weighted by molar-refractivity contribution is 7.79. The van der Waals surface area contributed by atoms with Crippen molar-refractivity contribution in [2.24, 2.45) is 0 Å². The molecule has 0 aromatic carbocycles. The third-order valence-electron chi connectivity index (χ3n) is 1.76. The summed E-state index contributed by atoms with van der Waals surface area (Å²) in [6.45, 7) is 1.77. The van der Waals surface area contributed by atoms with Crippen LogP contribution in [0.3, 0.4) is 0 Å². The van der Waals surface area contributed by atoms with Gasteiger partial charge in [-0.2, -0.15) is 25.3 Å². The number of aromatic nitrogens is 1. The molecule has 13 heavy (non-hydrogen) atoms. The van der Waals surface area contributed by atoms with Crippen LogP contribution in [0.15, 0.2) is 6.20 Å². The summed E-state index contributed by atoms with van der Waals surface area (Å²) in [5.74, 6) is 1.35. The second-order valence-corrected chi connectivity index (χ2v) is 3.14. The molecular weight excluding hydrogens is 226 g/mol. The SMILES string of the molecule is Cc1ncc(CS)c(CS)c1O.Cl. The lowest BCUT2D eigenvalue weighted by atomic mass is 10.1. The maximum absolute atomic E-state index is 9.56. The molecule has 0 spiro atoms. The highest BCUT2D eigenvalue weighted by atomic mass is 35.5. The fourth-order valence-corrected chi connectivity index (χ4v) is 1.62. The van der Waals surface area contributed by atoms with Gasteiger partial charge in [0.25, 0.3) is 0 Å². The summed E-state index contributed by atoms with van der Waals surface area (Å²) < 4.78 is 0. The third-order valence-corrected chi connectivity index (χ3v) is 2.42. The van der Waals surface area contributed by atoms with Gasteiger partial charge in [-0.05, 0) is 12.5 Å². The van der Waals surface area contributed by atoms with Gasteiger partial charge in [0.15, 0.2) is 0 Å². The number of hydrogen-bond acceptors (Lipinski definition) is 4. The van der Waals surface area contributed by atoms with E-state index in [1.165, 1.54) is 0 Å². The topological polar surface area (TPSA) is 33.1 Å². The highest BCUT2D eigenvalue weighted by Gasteiger charge is 2.08. The number of aromatic hydroxyl groups is 1. The molecule has 0 atom stereocenters. The molecule has 0 aliphatic heterocycles. The molecule has 1 aromatic heterocycles. The van der Waals surface area contributed by atoms with Gasteiger partial charge in [-0.1, -0.05) is 0 Å². The molecule has 1 rings (SSSR count). The van der Waals surface area contributed by atoms with Gasteiger partial charge in [0, 0.05) is 23.3 Å². The molecule has 2 nitrogen and oxygen atoms in total. The van der Waals surface area contributed by atoms with Crippen molar-refractivity contribution >= 4 is 37.7 Å². The molecule has 0 amide bonds. The van der Waals surface area contributed by atoms with Crippen molar-refractivity contribution in [2.45, 2.75) is 18.4 Å². The summed E-state index contributed by atoms with van der Waals surface area (Å²) in [4.78, 5) is 4.03. The minimum absolute atomic E-state index is 0. The Bertz CT molecular complexity index is 294. The van der Waals surface area contributed by atoms with Crippen LogP contribution < -0.4 is 0 Å². The lowest BCUT2D eigenvalue weighted by Crippen LogP contribution is -1.94. The smallest absolute Gasteiger partial charge is 0.141 e. The average molecular weight is 238 g/mol. The second kappa shape index (κ2) is 5.62. The van der Waals surface area contributed by atoms with Crippen LogP contribution in [0.25, 0.3) is 0 Å². The Morgan fingerprint density at radius 1 is 1.38 bits per heavy atom. The minimum Gasteiger partial charge on any atom is -0.506 e. The standard InChI is InChI=1S/C8H11NOS2.ClH/c1-5-8(10)7(4-12)6(3-11)2-9-5;/h2,10-12H,3-4H2,1H3;1H. The summed E-state index contributed by atoms with van der Waals surface area (Å²) in [5, 5.41) is 9.56. The van der Waals surface area contributed by atoms with Crippen molar-refractivity contribution in [1.29, 1.82) is 0 Å². The van der Waals surface area contributed by atoms with Crippen LogP contribution >= 0.6 is 37.7 Å². The first-order valence-electron chi connectivity index (χ1n) is 3.58. The lowest BCUT2D eigenvalue weighted by molar-refractivity contribution is 0.462. The number of halogens is 1. The minimum atomic E-state index is 0. The zero-order valence-corrected chi connectivity index (χ0v) is 9.79. The Morgan fingerprint density at radius 2 is 2.00 bits per heavy atom. The zero-order valence-electron chi connectivity index (χ0n) is 7.19. The summed E-state index contributed by atoms with van der Waals surface area (Å²) in [6, 6.07) is 0. The number of nitrogens with zero attached hydrogens (tertiary/aromatic N) is 1. The predicted octanol–water partition coefficient (Wildman–Crippen LogP) is 2.38. The number of aryl methyl sites for hydroxylation is 1. The molecule has 1 heterocycles. The largest absolute Gasteiger partial charge is 0.506 e. The Hall–Kier alpha value is -0.0600. The zero-order chi connectivity index (χ0) is 9.14. The van der Waals surface area contributed by atoms with Crippen LogP contribution in [-0.4, -0.2) is 10.1 Å². The predicted molar refractivity (Wildman–Crippen MR) is 63.3 cm³/mol. The van der Waals surface area contributed by atoms with Gasteiger partial charge in [0.05, 0.1) is 5.69 Å². The molecule has 0 unspecified atom stereocenters. The highest BCUT2D eigenvalue weighted by Crippen LogP contribution is 2.25. The fourth-order valence-electron chi connectivity index (χ4n) is 0.997. The average Bonchev–Trinajstić information content (AvgIpc) is 2.09. The van der Waals surface area contributed by atoms with E-state index in [4.69, 9.17) is 0 Å². The van der Waals surface area contributed by atoms with E-state index in [-0.39, 0.29) is 18.2 Å². The first-order chi connectivity index (χ1) is 5.70. The van der Waals surface area contributed by atoms with Gasteiger partial charge in [-0.25, -0.2) is 0 Å².